The highest BCUT2D eigenvalue weighted by Gasteiger charge is 2.41. The molecule has 0 radical (unpaired) electrons. The largest absolute Gasteiger partial charge is 0.453 e. The predicted molar refractivity (Wildman–Crippen MR) is 236 cm³/mol. The molecule has 3 heterocycles. The van der Waals surface area contributed by atoms with E-state index in [2.05, 4.69) is 57.4 Å². The van der Waals surface area contributed by atoms with Crippen LogP contribution in [0, 0.1) is 18.8 Å². The Labute approximate surface area is 364 Å². The molecule has 3 saturated heterocycles. The molecule has 3 aliphatic rings. The number of carbonyl (C=O) groups excluding carboxylic acids is 6. The Balaban J connectivity index is 1.13. The van der Waals surface area contributed by atoms with Crippen LogP contribution in [0.3, 0.4) is 0 Å². The first-order valence-electron chi connectivity index (χ1n) is 21.7. The molecule has 62 heavy (non-hydrogen) atoms. The maximum atomic E-state index is 13.6. The summed E-state index contributed by atoms with van der Waals surface area (Å²) in [7, 11) is 2.50. The van der Waals surface area contributed by atoms with Crippen molar-refractivity contribution in [1.82, 2.24) is 20.4 Å². The number of methoxy groups -OCH3 is 2. The lowest BCUT2D eigenvalue weighted by atomic mass is 10.0. The Morgan fingerprint density at radius 2 is 0.952 bits per heavy atom. The van der Waals surface area contributed by atoms with Gasteiger partial charge in [-0.15, -0.1) is 0 Å². The molecular formula is C47H61N7O8. The van der Waals surface area contributed by atoms with Crippen LogP contribution in [0.4, 0.5) is 26.7 Å². The minimum Gasteiger partial charge on any atom is -0.453 e. The van der Waals surface area contributed by atoms with E-state index in [9.17, 15) is 28.8 Å². The number of ether oxygens (including phenoxy) is 2. The number of amides is 6. The van der Waals surface area contributed by atoms with Crippen molar-refractivity contribution in [3.63, 3.8) is 0 Å². The molecule has 4 N–H and O–H groups in total. The average Bonchev–Trinajstić information content (AvgIpc) is 4.06. The van der Waals surface area contributed by atoms with Crippen molar-refractivity contribution in [2.75, 3.05) is 42.8 Å². The van der Waals surface area contributed by atoms with Gasteiger partial charge in [0.15, 0.2) is 0 Å². The number of nitrogens with one attached hydrogen (secondary N) is 4. The molecule has 0 aliphatic carbocycles. The van der Waals surface area contributed by atoms with Gasteiger partial charge in [-0.3, -0.25) is 19.2 Å². The van der Waals surface area contributed by atoms with E-state index < -0.39 is 36.4 Å². The number of hydrogen-bond donors (Lipinski definition) is 4. The summed E-state index contributed by atoms with van der Waals surface area (Å²) in [5.41, 5.74) is 5.69. The van der Waals surface area contributed by atoms with Gasteiger partial charge in [-0.2, -0.15) is 0 Å². The van der Waals surface area contributed by atoms with Crippen LogP contribution in [0.5, 0.6) is 0 Å². The highest BCUT2D eigenvalue weighted by atomic mass is 16.5. The maximum Gasteiger partial charge on any atom is 0.407 e. The van der Waals surface area contributed by atoms with Gasteiger partial charge in [-0.05, 0) is 105 Å². The van der Waals surface area contributed by atoms with Crippen LogP contribution >= 0.6 is 0 Å². The molecule has 3 aromatic carbocycles. The van der Waals surface area contributed by atoms with Gasteiger partial charge in [0.2, 0.25) is 23.6 Å². The van der Waals surface area contributed by atoms with Crippen LogP contribution in [-0.4, -0.2) is 97.1 Å². The lowest BCUT2D eigenvalue weighted by molar-refractivity contribution is -0.139. The quantitative estimate of drug-likeness (QED) is 0.146. The molecule has 6 amide bonds. The van der Waals surface area contributed by atoms with E-state index in [1.54, 1.807) is 9.80 Å². The molecule has 0 spiro atoms. The zero-order chi connectivity index (χ0) is 44.7. The van der Waals surface area contributed by atoms with Crippen LogP contribution in [0.25, 0.3) is 0 Å². The normalized spacial score (nSPS) is 20.8. The molecule has 15 nitrogen and oxygen atoms in total. The first kappa shape index (κ1) is 45.4. The van der Waals surface area contributed by atoms with Crippen molar-refractivity contribution in [3.8, 4) is 0 Å². The smallest absolute Gasteiger partial charge is 0.407 e. The fourth-order valence-electron chi connectivity index (χ4n) is 8.93. The summed E-state index contributed by atoms with van der Waals surface area (Å²) in [6.07, 6.45) is 2.79. The summed E-state index contributed by atoms with van der Waals surface area (Å²) < 4.78 is 9.46. The summed E-state index contributed by atoms with van der Waals surface area (Å²) in [5.74, 6) is -1.54. The number of rotatable bonds is 13. The van der Waals surface area contributed by atoms with Crippen molar-refractivity contribution in [2.24, 2.45) is 11.8 Å². The minimum atomic E-state index is -0.810. The summed E-state index contributed by atoms with van der Waals surface area (Å²) in [5, 5.41) is 11.3. The van der Waals surface area contributed by atoms with Crippen molar-refractivity contribution >= 4 is 52.9 Å². The predicted octanol–water partition coefficient (Wildman–Crippen LogP) is 6.70. The van der Waals surface area contributed by atoms with Crippen LogP contribution in [0.1, 0.15) is 95.0 Å². The van der Waals surface area contributed by atoms with Crippen LogP contribution < -0.4 is 26.2 Å². The van der Waals surface area contributed by atoms with Crippen molar-refractivity contribution in [2.45, 2.75) is 109 Å². The number of alkyl carbamates (subject to hydrolysis) is 2. The minimum absolute atomic E-state index is 0.0410. The molecule has 3 aromatic rings. The number of hydrogen-bond acceptors (Lipinski definition) is 9. The number of anilines is 3. The highest BCUT2D eigenvalue weighted by Crippen LogP contribution is 2.47. The van der Waals surface area contributed by atoms with Crippen LogP contribution in [-0.2, 0) is 28.7 Å². The van der Waals surface area contributed by atoms with Crippen LogP contribution in [0.2, 0.25) is 0 Å². The van der Waals surface area contributed by atoms with E-state index in [0.717, 1.165) is 35.2 Å². The molecule has 332 valence electrons. The van der Waals surface area contributed by atoms with Crippen molar-refractivity contribution < 1.29 is 38.2 Å². The van der Waals surface area contributed by atoms with E-state index in [-0.39, 0.29) is 47.5 Å². The van der Waals surface area contributed by atoms with E-state index >= 15 is 0 Å². The van der Waals surface area contributed by atoms with Gasteiger partial charge in [0.05, 0.1) is 26.3 Å². The summed E-state index contributed by atoms with van der Waals surface area (Å²) in [4.78, 5) is 83.8. The summed E-state index contributed by atoms with van der Waals surface area (Å²) in [6.45, 7) is 10.3. The average molecular weight is 852 g/mol. The molecule has 0 aromatic heterocycles. The Kier molecular flexibility index (Phi) is 14.8. The standard InChI is InChI=1S/C47H61N7O8/c1-28(2)40(50-46(59)61-6)44(57)52-26-8-10-38(52)42(55)48-33-18-14-31(15-19-33)36-24-25-37(54(36)35-22-12-30(5)13-23-35)32-16-20-34(21-17-32)49-43(56)39-11-9-27-53(39)45(58)41(29(3)4)51-47(60)62-7/h12-23,28-29,36-41H,8-11,24-27H2,1-7H3,(H,48,55)(H,49,56)(H,50,59)(H,51,60)/t36-,37-,38-,39-,40-,41-/m0/s1. The molecule has 15 heteroatoms. The third-order valence-electron chi connectivity index (χ3n) is 12.3. The monoisotopic (exact) mass is 851 g/mol. The SMILES string of the molecule is COC(=O)N[C@H](C(=O)N1CCC[C@H]1C(=O)Nc1ccc([C@@H]2CC[C@@H](c3ccc(NC(=O)[C@@H]4CCCN4C(=O)[C@@H](NC(=O)OC)C(C)C)cc3)N2c2ccc(C)cc2)cc1)C(C)C. The second-order valence-electron chi connectivity index (χ2n) is 17.2. The lowest BCUT2D eigenvalue weighted by Crippen LogP contribution is -2.54. The highest BCUT2D eigenvalue weighted by molar-refractivity contribution is 5.99. The molecule has 6 atom stereocenters. The third kappa shape index (κ3) is 10.3. The van der Waals surface area contributed by atoms with E-state index in [1.165, 1.54) is 14.2 Å². The van der Waals surface area contributed by atoms with Crippen molar-refractivity contribution in [1.29, 1.82) is 0 Å². The second-order valence-corrected chi connectivity index (χ2v) is 17.2. The second kappa shape index (κ2) is 20.2. The Morgan fingerprint density at radius 1 is 0.565 bits per heavy atom. The zero-order valence-corrected chi connectivity index (χ0v) is 36.8. The topological polar surface area (TPSA) is 179 Å². The number of carbonyl (C=O) groups is 6. The molecule has 3 fully saturated rings. The number of aryl methyl sites for hydroxylation is 1. The molecular weight excluding hydrogens is 791 g/mol. The Bertz CT molecular complexity index is 1950. The zero-order valence-electron chi connectivity index (χ0n) is 36.8. The number of nitrogens with zero attached hydrogens (tertiary/aromatic N) is 3. The van der Waals surface area contributed by atoms with Gasteiger partial charge >= 0.3 is 12.2 Å². The Morgan fingerprint density at radius 3 is 1.31 bits per heavy atom. The number of benzene rings is 3. The first-order valence-corrected chi connectivity index (χ1v) is 21.7. The summed E-state index contributed by atoms with van der Waals surface area (Å²) >= 11 is 0. The van der Waals surface area contributed by atoms with E-state index in [0.29, 0.717) is 50.1 Å². The van der Waals surface area contributed by atoms with E-state index in [1.807, 2.05) is 76.2 Å². The van der Waals surface area contributed by atoms with Crippen LogP contribution in [0.15, 0.2) is 72.8 Å². The van der Waals surface area contributed by atoms with Crippen molar-refractivity contribution in [3.05, 3.63) is 89.5 Å². The van der Waals surface area contributed by atoms with Gasteiger partial charge in [0, 0.05) is 30.2 Å². The first-order chi connectivity index (χ1) is 29.7. The van der Waals surface area contributed by atoms with Gasteiger partial charge in [-0.25, -0.2) is 9.59 Å². The molecule has 0 bridgehead atoms. The molecule has 0 unspecified atom stereocenters. The van der Waals surface area contributed by atoms with Gasteiger partial charge < -0.3 is 45.4 Å². The summed E-state index contributed by atoms with van der Waals surface area (Å²) in [6, 6.07) is 21.4. The maximum absolute atomic E-state index is 13.6. The molecule has 0 saturated carbocycles. The molecule has 6 rings (SSSR count). The fraction of sp³-hybridized carbons (Fsp3) is 0.489. The Hall–Kier alpha value is -6.12. The number of likely N-dealkylation sites (tertiary alicyclic amines) is 2. The van der Waals surface area contributed by atoms with Gasteiger partial charge in [0.25, 0.3) is 0 Å². The van der Waals surface area contributed by atoms with Gasteiger partial charge in [0.1, 0.15) is 24.2 Å². The van der Waals surface area contributed by atoms with Gasteiger partial charge in [-0.1, -0.05) is 69.7 Å². The fourth-order valence-corrected chi connectivity index (χ4v) is 8.93. The molecule has 3 aliphatic heterocycles. The lowest BCUT2D eigenvalue weighted by Gasteiger charge is -2.33. The van der Waals surface area contributed by atoms with E-state index in [4.69, 9.17) is 9.47 Å². The third-order valence-corrected chi connectivity index (χ3v) is 12.3.